The molecule has 1 saturated carbocycles. The van der Waals surface area contributed by atoms with Crippen LogP contribution in [0.2, 0.25) is 0 Å². The molecule has 1 unspecified atom stereocenters. The van der Waals surface area contributed by atoms with Crippen molar-refractivity contribution >= 4 is 0 Å². The van der Waals surface area contributed by atoms with E-state index in [1.165, 1.54) is 12.8 Å². The summed E-state index contributed by atoms with van der Waals surface area (Å²) in [6.07, 6.45) is 2.36. The second-order valence-electron chi connectivity index (χ2n) is 3.55. The third-order valence-corrected chi connectivity index (χ3v) is 2.93. The van der Waals surface area contributed by atoms with Crippen LogP contribution in [0.15, 0.2) is 0 Å². The van der Waals surface area contributed by atoms with Crippen LogP contribution in [0.25, 0.3) is 0 Å². The molecule has 1 aliphatic carbocycles. The van der Waals surface area contributed by atoms with Crippen LogP contribution in [0.1, 0.15) is 26.7 Å². The van der Waals surface area contributed by atoms with Gasteiger partial charge in [-0.3, -0.25) is 0 Å². The molecule has 56 valence electrons. The molecule has 0 spiro atoms. The highest BCUT2D eigenvalue weighted by molar-refractivity contribution is 5.18. The second-order valence-corrected chi connectivity index (χ2v) is 3.55. The van der Waals surface area contributed by atoms with Crippen LogP contribution in [0.3, 0.4) is 0 Å². The molecule has 0 aromatic carbocycles. The standard InChI is InChI=1S/C8H14N2/c1-7(4-5-7)8(2,6-9)10-3/h10H,4-5H2,1-3H3. The van der Waals surface area contributed by atoms with E-state index in [0.29, 0.717) is 0 Å². The summed E-state index contributed by atoms with van der Waals surface area (Å²) in [5.41, 5.74) is -0.0799. The van der Waals surface area contributed by atoms with Gasteiger partial charge in [-0.05, 0) is 32.2 Å². The van der Waals surface area contributed by atoms with Crippen molar-refractivity contribution in [2.45, 2.75) is 32.2 Å². The minimum absolute atomic E-state index is 0.233. The van der Waals surface area contributed by atoms with E-state index in [1.54, 1.807) is 0 Å². The predicted octanol–water partition coefficient (Wildman–Crippen LogP) is 1.29. The summed E-state index contributed by atoms with van der Waals surface area (Å²) in [4.78, 5) is 0. The zero-order valence-corrected chi connectivity index (χ0v) is 6.86. The third kappa shape index (κ3) is 0.819. The summed E-state index contributed by atoms with van der Waals surface area (Å²) in [5, 5.41) is 11.9. The molecule has 2 nitrogen and oxygen atoms in total. The van der Waals surface area contributed by atoms with E-state index in [1.807, 2.05) is 14.0 Å². The highest BCUT2D eigenvalue weighted by atomic mass is 15.0. The lowest BCUT2D eigenvalue weighted by molar-refractivity contribution is 0.317. The van der Waals surface area contributed by atoms with Crippen LogP contribution < -0.4 is 5.32 Å². The first-order chi connectivity index (χ1) is 4.58. The van der Waals surface area contributed by atoms with E-state index in [9.17, 15) is 0 Å². The molecule has 0 radical (unpaired) electrons. The molecule has 0 saturated heterocycles. The molecular weight excluding hydrogens is 124 g/mol. The fourth-order valence-electron chi connectivity index (χ4n) is 1.18. The molecule has 0 bridgehead atoms. The molecule has 0 heterocycles. The average molecular weight is 138 g/mol. The lowest BCUT2D eigenvalue weighted by Gasteiger charge is -2.27. The molecule has 0 aromatic heterocycles. The molecule has 2 heteroatoms. The van der Waals surface area contributed by atoms with E-state index >= 15 is 0 Å². The van der Waals surface area contributed by atoms with Gasteiger partial charge in [0.05, 0.1) is 6.07 Å². The van der Waals surface area contributed by atoms with Gasteiger partial charge in [-0.2, -0.15) is 5.26 Å². The molecular formula is C8H14N2. The maximum Gasteiger partial charge on any atom is 0.109 e. The van der Waals surface area contributed by atoms with Gasteiger partial charge < -0.3 is 5.32 Å². The quantitative estimate of drug-likeness (QED) is 0.624. The molecule has 0 aromatic rings. The maximum atomic E-state index is 8.85. The zero-order valence-electron chi connectivity index (χ0n) is 6.86. The molecule has 1 aliphatic rings. The van der Waals surface area contributed by atoms with E-state index in [-0.39, 0.29) is 11.0 Å². The van der Waals surface area contributed by atoms with Gasteiger partial charge in [-0.25, -0.2) is 0 Å². The number of hydrogen-bond donors (Lipinski definition) is 1. The van der Waals surface area contributed by atoms with Crippen molar-refractivity contribution in [3.63, 3.8) is 0 Å². The SMILES string of the molecule is CNC(C)(C#N)C1(C)CC1. The Kier molecular flexibility index (Phi) is 1.48. The normalized spacial score (nSPS) is 26.6. The van der Waals surface area contributed by atoms with Crippen molar-refractivity contribution < 1.29 is 0 Å². The van der Waals surface area contributed by atoms with Crippen LogP contribution >= 0.6 is 0 Å². The monoisotopic (exact) mass is 138 g/mol. The Hall–Kier alpha value is -0.550. The lowest BCUT2D eigenvalue weighted by atomic mass is 9.85. The van der Waals surface area contributed by atoms with Gasteiger partial charge in [-0.1, -0.05) is 6.92 Å². The van der Waals surface area contributed by atoms with Crippen LogP contribution in [0, 0.1) is 16.7 Å². The Morgan fingerprint density at radius 1 is 1.60 bits per heavy atom. The van der Waals surface area contributed by atoms with Crippen LogP contribution in [0.5, 0.6) is 0 Å². The van der Waals surface area contributed by atoms with Gasteiger partial charge in [0.15, 0.2) is 0 Å². The topological polar surface area (TPSA) is 35.8 Å². The van der Waals surface area contributed by atoms with Crippen molar-refractivity contribution in [2.75, 3.05) is 7.05 Å². The highest BCUT2D eigenvalue weighted by Gasteiger charge is 2.52. The molecule has 1 atom stereocenters. The molecule has 1 fully saturated rings. The largest absolute Gasteiger partial charge is 0.302 e. The van der Waals surface area contributed by atoms with Gasteiger partial charge in [0, 0.05) is 0 Å². The van der Waals surface area contributed by atoms with Gasteiger partial charge in [0.1, 0.15) is 5.54 Å². The van der Waals surface area contributed by atoms with Crippen molar-refractivity contribution in [3.8, 4) is 6.07 Å². The number of nitrogens with one attached hydrogen (secondary N) is 1. The fourth-order valence-corrected chi connectivity index (χ4v) is 1.18. The van der Waals surface area contributed by atoms with Gasteiger partial charge in [0.2, 0.25) is 0 Å². The Labute approximate surface area is 62.2 Å². The van der Waals surface area contributed by atoms with Crippen LogP contribution in [-0.2, 0) is 0 Å². The third-order valence-electron chi connectivity index (χ3n) is 2.93. The van der Waals surface area contributed by atoms with Crippen molar-refractivity contribution in [1.29, 1.82) is 5.26 Å². The Morgan fingerprint density at radius 2 is 2.10 bits per heavy atom. The van der Waals surface area contributed by atoms with Crippen molar-refractivity contribution in [2.24, 2.45) is 5.41 Å². The van der Waals surface area contributed by atoms with Crippen molar-refractivity contribution in [1.82, 2.24) is 5.32 Å². The summed E-state index contributed by atoms with van der Waals surface area (Å²) >= 11 is 0. The minimum atomic E-state index is -0.312. The Bertz CT molecular complexity index is 176. The van der Waals surface area contributed by atoms with E-state index < -0.39 is 0 Å². The smallest absolute Gasteiger partial charge is 0.109 e. The van der Waals surface area contributed by atoms with E-state index in [2.05, 4.69) is 18.3 Å². The molecule has 1 N–H and O–H groups in total. The fraction of sp³-hybridized carbons (Fsp3) is 0.875. The summed E-state index contributed by atoms with van der Waals surface area (Å²) in [7, 11) is 1.85. The van der Waals surface area contributed by atoms with Crippen LogP contribution in [0.4, 0.5) is 0 Å². The Morgan fingerprint density at radius 3 is 2.20 bits per heavy atom. The van der Waals surface area contributed by atoms with Gasteiger partial charge in [-0.15, -0.1) is 0 Å². The first-order valence-corrected chi connectivity index (χ1v) is 3.68. The second kappa shape index (κ2) is 1.96. The number of nitriles is 1. The maximum absolute atomic E-state index is 8.85. The first kappa shape index (κ1) is 7.56. The molecule has 0 aliphatic heterocycles. The van der Waals surface area contributed by atoms with Crippen LogP contribution in [-0.4, -0.2) is 12.6 Å². The highest BCUT2D eigenvalue weighted by Crippen LogP contribution is 2.53. The van der Waals surface area contributed by atoms with Crippen molar-refractivity contribution in [3.05, 3.63) is 0 Å². The summed E-state index contributed by atoms with van der Waals surface area (Å²) in [6, 6.07) is 2.32. The number of nitrogens with zero attached hydrogens (tertiary/aromatic N) is 1. The molecule has 1 rings (SSSR count). The molecule has 0 amide bonds. The zero-order chi connectivity index (χ0) is 7.83. The molecule has 10 heavy (non-hydrogen) atoms. The summed E-state index contributed by atoms with van der Waals surface area (Å²) in [6.45, 7) is 4.13. The van der Waals surface area contributed by atoms with Gasteiger partial charge >= 0.3 is 0 Å². The number of hydrogen-bond acceptors (Lipinski definition) is 2. The van der Waals surface area contributed by atoms with Gasteiger partial charge in [0.25, 0.3) is 0 Å². The van der Waals surface area contributed by atoms with E-state index in [4.69, 9.17) is 5.26 Å². The summed E-state index contributed by atoms with van der Waals surface area (Å²) in [5.74, 6) is 0. The average Bonchev–Trinajstić information content (AvgIpc) is 2.68. The number of rotatable bonds is 2. The summed E-state index contributed by atoms with van der Waals surface area (Å²) < 4.78 is 0. The first-order valence-electron chi connectivity index (χ1n) is 3.68. The lowest BCUT2D eigenvalue weighted by Crippen LogP contribution is -2.45. The Balaban J connectivity index is 2.76. The minimum Gasteiger partial charge on any atom is -0.302 e. The van der Waals surface area contributed by atoms with E-state index in [0.717, 1.165) is 0 Å². The predicted molar refractivity (Wildman–Crippen MR) is 40.4 cm³/mol.